The molecular weight excluding hydrogens is 480 g/mol. The number of nitrogens with zero attached hydrogens (tertiary/aromatic N) is 1. The molecule has 6 heteroatoms. The van der Waals surface area contributed by atoms with Gasteiger partial charge in [0.25, 0.3) is 0 Å². The number of amides is 1. The van der Waals surface area contributed by atoms with Crippen LogP contribution >= 0.6 is 15.9 Å². The van der Waals surface area contributed by atoms with Crippen LogP contribution in [-0.2, 0) is 11.3 Å². The number of carbonyl (C=O) groups excluding carboxylic acids is 2. The summed E-state index contributed by atoms with van der Waals surface area (Å²) in [4.78, 5) is 30.3. The average molecular weight is 513 g/mol. The molecule has 1 amide bonds. The predicted molar refractivity (Wildman–Crippen MR) is 132 cm³/mol. The summed E-state index contributed by atoms with van der Waals surface area (Å²) in [6.07, 6.45) is 5.60. The lowest BCUT2D eigenvalue weighted by Crippen LogP contribution is -2.32. The van der Waals surface area contributed by atoms with E-state index in [1.54, 1.807) is 0 Å². The van der Waals surface area contributed by atoms with Crippen LogP contribution in [-0.4, -0.2) is 22.5 Å². The largest absolute Gasteiger partial charge is 0.444 e. The highest BCUT2D eigenvalue weighted by Crippen LogP contribution is 2.43. The van der Waals surface area contributed by atoms with Gasteiger partial charge in [0.1, 0.15) is 11.3 Å². The third-order valence-corrected chi connectivity index (χ3v) is 7.02. The Morgan fingerprint density at radius 3 is 2.21 bits per heavy atom. The van der Waals surface area contributed by atoms with Gasteiger partial charge in [0.05, 0.1) is 12.2 Å². The summed E-state index contributed by atoms with van der Waals surface area (Å²) in [7, 11) is 0. The van der Waals surface area contributed by atoms with Crippen LogP contribution in [0, 0.1) is 5.92 Å². The number of hydrogen-bond donors (Lipinski definition) is 1. The molecule has 5 nitrogen and oxygen atoms in total. The number of alkyl carbamates (subject to hydrolysis) is 1. The Morgan fingerprint density at radius 2 is 1.61 bits per heavy atom. The molecule has 4 rings (SSSR count). The first kappa shape index (κ1) is 23.9. The van der Waals surface area contributed by atoms with Crippen molar-refractivity contribution in [1.29, 1.82) is 0 Å². The van der Waals surface area contributed by atoms with Crippen LogP contribution in [0.25, 0.3) is 0 Å². The molecule has 0 aliphatic heterocycles. The monoisotopic (exact) mass is 512 g/mol. The summed E-state index contributed by atoms with van der Waals surface area (Å²) in [5, 5.41) is 2.76. The molecule has 0 atom stereocenters. The van der Waals surface area contributed by atoms with Crippen molar-refractivity contribution in [3.05, 3.63) is 63.4 Å². The summed E-state index contributed by atoms with van der Waals surface area (Å²) < 4.78 is 6.40. The number of ketones is 1. The molecule has 2 aliphatic carbocycles. The summed E-state index contributed by atoms with van der Waals surface area (Å²) in [5.74, 6) is 1.16. The third kappa shape index (κ3) is 6.44. The fourth-order valence-electron chi connectivity index (χ4n) is 4.62. The van der Waals surface area contributed by atoms with Crippen molar-refractivity contribution in [2.75, 3.05) is 0 Å². The molecule has 2 aliphatic rings. The second-order valence-corrected chi connectivity index (χ2v) is 11.3. The first-order valence-electron chi connectivity index (χ1n) is 12.0. The molecule has 2 saturated carbocycles. The van der Waals surface area contributed by atoms with Crippen LogP contribution in [0.3, 0.4) is 0 Å². The topological polar surface area (TPSA) is 68.3 Å². The zero-order valence-electron chi connectivity index (χ0n) is 19.7. The number of rotatable bonds is 6. The van der Waals surface area contributed by atoms with Gasteiger partial charge in [0.2, 0.25) is 0 Å². The molecule has 1 N–H and O–H groups in total. The Kier molecular flexibility index (Phi) is 7.22. The first-order chi connectivity index (χ1) is 15.7. The number of nitrogens with one attached hydrogen (secondary N) is 1. The molecule has 0 radical (unpaired) electrons. The zero-order valence-corrected chi connectivity index (χ0v) is 21.3. The number of carbonyl (C=O) groups is 2. The smallest absolute Gasteiger partial charge is 0.407 e. The Balaban J connectivity index is 1.42. The number of Topliss-reactive ketones (excluding diaryl/α,β-unsaturated/α-hetero) is 1. The molecule has 1 aromatic heterocycles. The Bertz CT molecular complexity index is 1000. The van der Waals surface area contributed by atoms with Gasteiger partial charge in [0, 0.05) is 10.4 Å². The zero-order chi connectivity index (χ0) is 23.6. The Morgan fingerprint density at radius 1 is 0.970 bits per heavy atom. The molecule has 0 saturated heterocycles. The van der Waals surface area contributed by atoms with Gasteiger partial charge in [-0.05, 0) is 100 Å². The highest BCUT2D eigenvalue weighted by atomic mass is 79.9. The van der Waals surface area contributed by atoms with Gasteiger partial charge in [-0.3, -0.25) is 4.79 Å². The van der Waals surface area contributed by atoms with Crippen molar-refractivity contribution in [2.24, 2.45) is 5.92 Å². The first-order valence-corrected chi connectivity index (χ1v) is 12.8. The van der Waals surface area contributed by atoms with Gasteiger partial charge in [-0.25, -0.2) is 9.78 Å². The molecule has 2 fully saturated rings. The summed E-state index contributed by atoms with van der Waals surface area (Å²) in [6, 6.07) is 12.5. The lowest BCUT2D eigenvalue weighted by molar-refractivity contribution is 0.0523. The summed E-state index contributed by atoms with van der Waals surface area (Å²) in [5.41, 5.74) is 3.20. The number of hydrogen-bond acceptors (Lipinski definition) is 4. The van der Waals surface area contributed by atoms with E-state index < -0.39 is 11.7 Å². The Hall–Kier alpha value is -2.21. The molecule has 0 spiro atoms. The van der Waals surface area contributed by atoms with Crippen LogP contribution in [0.5, 0.6) is 0 Å². The lowest BCUT2D eigenvalue weighted by atomic mass is 9.76. The highest BCUT2D eigenvalue weighted by molar-refractivity contribution is 9.10. The highest BCUT2D eigenvalue weighted by Gasteiger charge is 2.34. The van der Waals surface area contributed by atoms with E-state index in [0.29, 0.717) is 23.2 Å². The van der Waals surface area contributed by atoms with Crippen molar-refractivity contribution in [3.8, 4) is 0 Å². The van der Waals surface area contributed by atoms with Crippen LogP contribution in [0.4, 0.5) is 4.79 Å². The normalized spacial score (nSPS) is 20.8. The van der Waals surface area contributed by atoms with Crippen molar-refractivity contribution >= 4 is 27.8 Å². The lowest BCUT2D eigenvalue weighted by Gasteiger charge is -2.28. The van der Waals surface area contributed by atoms with E-state index in [4.69, 9.17) is 9.72 Å². The fraction of sp³-hybridized carbons (Fsp3) is 0.519. The van der Waals surface area contributed by atoms with Gasteiger partial charge in [0.15, 0.2) is 5.78 Å². The molecule has 33 heavy (non-hydrogen) atoms. The van der Waals surface area contributed by atoms with Gasteiger partial charge >= 0.3 is 6.09 Å². The molecule has 1 heterocycles. The standard InChI is InChI=1S/C27H33BrN2O3/c1-27(2,3)33-26(32)29-16-22-14-15-23(19-6-7-19)24(30-22)25(31)20-8-4-17(5-9-20)18-10-12-21(28)13-11-18/h10-15,17,19-20H,4-9,16H2,1-3H3,(H,29,32). The molecule has 176 valence electrons. The molecular formula is C27H33BrN2O3. The molecule has 0 bridgehead atoms. The van der Waals surface area contributed by atoms with Gasteiger partial charge in [-0.2, -0.15) is 0 Å². The van der Waals surface area contributed by atoms with Gasteiger partial charge in [-0.15, -0.1) is 0 Å². The van der Waals surface area contributed by atoms with Crippen LogP contribution in [0.15, 0.2) is 40.9 Å². The maximum absolute atomic E-state index is 13.5. The second-order valence-electron chi connectivity index (χ2n) is 10.3. The number of ether oxygens (including phenoxy) is 1. The third-order valence-electron chi connectivity index (χ3n) is 6.49. The fourth-order valence-corrected chi connectivity index (χ4v) is 4.89. The van der Waals surface area contributed by atoms with Crippen LogP contribution < -0.4 is 5.32 Å². The van der Waals surface area contributed by atoms with E-state index in [0.717, 1.165) is 48.6 Å². The van der Waals surface area contributed by atoms with Crippen LogP contribution in [0.1, 0.15) is 98.4 Å². The minimum Gasteiger partial charge on any atom is -0.444 e. The van der Waals surface area contributed by atoms with Crippen molar-refractivity contribution in [1.82, 2.24) is 10.3 Å². The summed E-state index contributed by atoms with van der Waals surface area (Å²) in [6.45, 7) is 5.74. The number of aromatic nitrogens is 1. The number of halogens is 1. The van der Waals surface area contributed by atoms with Crippen molar-refractivity contribution in [3.63, 3.8) is 0 Å². The van der Waals surface area contributed by atoms with Crippen LogP contribution in [0.2, 0.25) is 0 Å². The average Bonchev–Trinajstić information content (AvgIpc) is 3.62. The SMILES string of the molecule is CC(C)(C)OC(=O)NCc1ccc(C2CC2)c(C(=O)C2CCC(c3ccc(Br)cc3)CC2)n1. The second kappa shape index (κ2) is 9.96. The van der Waals surface area contributed by atoms with Gasteiger partial charge in [-0.1, -0.05) is 34.1 Å². The van der Waals surface area contributed by atoms with E-state index in [1.165, 1.54) is 5.56 Å². The maximum atomic E-state index is 13.5. The maximum Gasteiger partial charge on any atom is 0.407 e. The van der Waals surface area contributed by atoms with Crippen molar-refractivity contribution in [2.45, 2.75) is 83.3 Å². The minimum atomic E-state index is -0.552. The quantitative estimate of drug-likeness (QED) is 0.427. The molecule has 2 aromatic rings. The minimum absolute atomic E-state index is 0.0239. The summed E-state index contributed by atoms with van der Waals surface area (Å²) >= 11 is 3.50. The van der Waals surface area contributed by atoms with E-state index in [9.17, 15) is 9.59 Å². The van der Waals surface area contributed by atoms with E-state index >= 15 is 0 Å². The Labute approximate surface area is 204 Å². The van der Waals surface area contributed by atoms with E-state index in [-0.39, 0.29) is 18.2 Å². The predicted octanol–water partition coefficient (Wildman–Crippen LogP) is 6.90. The number of benzene rings is 1. The van der Waals surface area contributed by atoms with E-state index in [1.807, 2.05) is 32.9 Å². The van der Waals surface area contributed by atoms with Gasteiger partial charge < -0.3 is 10.1 Å². The van der Waals surface area contributed by atoms with Crippen molar-refractivity contribution < 1.29 is 14.3 Å². The molecule has 0 unspecified atom stereocenters. The number of pyridine rings is 1. The molecule has 1 aromatic carbocycles. The van der Waals surface area contributed by atoms with E-state index in [2.05, 4.69) is 45.5 Å².